The molecule has 3 heterocycles. The highest BCUT2D eigenvalue weighted by molar-refractivity contribution is 9.10. The molecule has 1 aromatic carbocycles. The number of aromatic nitrogens is 1. The Labute approximate surface area is 211 Å². The summed E-state index contributed by atoms with van der Waals surface area (Å²) in [7, 11) is 1.58. The van der Waals surface area contributed by atoms with Crippen LogP contribution < -0.4 is 19.9 Å². The SMILES string of the molecule is Cc1cc(C)c(N(C)C(=O)c2cc(Br)c3c(c2C)OC(C)(CN2CCN(C(=O)O)CC2)O3)c(=O)[nH]1. The Balaban J connectivity index is 1.57. The number of nitrogens with one attached hydrogen (secondary N) is 1. The molecule has 2 N–H and O–H groups in total. The number of ether oxygens (including phenoxy) is 2. The molecule has 0 saturated carbocycles. The van der Waals surface area contributed by atoms with E-state index in [1.165, 1.54) is 9.80 Å². The third-order valence-electron chi connectivity index (χ3n) is 6.43. The van der Waals surface area contributed by atoms with E-state index in [0.717, 1.165) is 5.69 Å². The fraction of sp³-hybridized carbons (Fsp3) is 0.458. The van der Waals surface area contributed by atoms with Crippen molar-refractivity contribution in [3.8, 4) is 11.5 Å². The van der Waals surface area contributed by atoms with Crippen LogP contribution in [0.1, 0.15) is 34.1 Å². The molecule has 0 spiro atoms. The molecule has 10 nitrogen and oxygen atoms in total. The first-order valence-electron chi connectivity index (χ1n) is 11.3. The normalized spacial score (nSPS) is 19.7. The standard InChI is InChI=1S/C24H29BrN4O6/c1-13-10-14(2)26-21(30)18(13)27(5)22(31)16-11-17(25)20-19(15(16)3)34-24(4,35-20)12-28-6-8-29(9-7-28)23(32)33/h10-11H,6-9,12H2,1-5H3,(H,26,30)(H,32,33). The molecule has 4 rings (SSSR count). The zero-order chi connectivity index (χ0) is 25.7. The van der Waals surface area contributed by atoms with Crippen LogP contribution in [-0.2, 0) is 0 Å². The van der Waals surface area contributed by atoms with Gasteiger partial charge in [0.1, 0.15) is 5.69 Å². The van der Waals surface area contributed by atoms with E-state index in [4.69, 9.17) is 14.6 Å². The van der Waals surface area contributed by atoms with Crippen molar-refractivity contribution in [2.75, 3.05) is 44.7 Å². The molecule has 2 amide bonds. The molecule has 2 aliphatic rings. The molecule has 1 aromatic heterocycles. The van der Waals surface area contributed by atoms with Gasteiger partial charge in [0.15, 0.2) is 11.5 Å². The number of fused-ring (bicyclic) bond motifs is 1. The average molecular weight is 549 g/mol. The predicted octanol–water partition coefficient (Wildman–Crippen LogP) is 3.12. The van der Waals surface area contributed by atoms with E-state index in [1.54, 1.807) is 33.9 Å². The molecule has 11 heteroatoms. The van der Waals surface area contributed by atoms with Crippen molar-refractivity contribution in [2.24, 2.45) is 0 Å². The Morgan fingerprint density at radius 1 is 1.14 bits per heavy atom. The van der Waals surface area contributed by atoms with Crippen LogP contribution in [0.15, 0.2) is 21.4 Å². The van der Waals surface area contributed by atoms with E-state index < -0.39 is 11.9 Å². The number of H-pyrrole nitrogens is 1. The highest BCUT2D eigenvalue weighted by Gasteiger charge is 2.42. The summed E-state index contributed by atoms with van der Waals surface area (Å²) in [5, 5.41) is 9.17. The molecule has 188 valence electrons. The topological polar surface area (TPSA) is 115 Å². The zero-order valence-corrected chi connectivity index (χ0v) is 22.0. The largest absolute Gasteiger partial charge is 0.465 e. The van der Waals surface area contributed by atoms with E-state index in [1.807, 2.05) is 13.0 Å². The number of hydrogen-bond donors (Lipinski definition) is 2. The van der Waals surface area contributed by atoms with Gasteiger partial charge in [0.25, 0.3) is 17.3 Å². The van der Waals surface area contributed by atoms with Crippen LogP contribution in [0, 0.1) is 20.8 Å². The van der Waals surface area contributed by atoms with Crippen molar-refractivity contribution in [3.05, 3.63) is 49.3 Å². The second-order valence-corrected chi connectivity index (χ2v) is 10.1. The number of benzene rings is 1. The van der Waals surface area contributed by atoms with Crippen LogP contribution in [-0.4, -0.2) is 77.4 Å². The van der Waals surface area contributed by atoms with Gasteiger partial charge in [-0.1, -0.05) is 0 Å². The van der Waals surface area contributed by atoms with Gasteiger partial charge in [0.2, 0.25) is 0 Å². The van der Waals surface area contributed by atoms with Crippen molar-refractivity contribution in [1.29, 1.82) is 0 Å². The van der Waals surface area contributed by atoms with Crippen molar-refractivity contribution in [3.63, 3.8) is 0 Å². The fourth-order valence-corrected chi connectivity index (χ4v) is 5.20. The summed E-state index contributed by atoms with van der Waals surface area (Å²) < 4.78 is 13.0. The first-order chi connectivity index (χ1) is 16.4. The molecule has 1 atom stereocenters. The molecule has 1 unspecified atom stereocenters. The van der Waals surface area contributed by atoms with Crippen LogP contribution in [0.2, 0.25) is 0 Å². The van der Waals surface area contributed by atoms with Crippen LogP contribution in [0.4, 0.5) is 10.5 Å². The Kier molecular flexibility index (Phi) is 6.58. The number of carboxylic acid groups (broad SMARTS) is 1. The predicted molar refractivity (Wildman–Crippen MR) is 134 cm³/mol. The number of aromatic amines is 1. The van der Waals surface area contributed by atoms with Gasteiger partial charge in [0, 0.05) is 57.0 Å². The average Bonchev–Trinajstić information content (AvgIpc) is 3.13. The number of anilines is 1. The minimum absolute atomic E-state index is 0.291. The number of pyridine rings is 1. The van der Waals surface area contributed by atoms with E-state index in [-0.39, 0.29) is 11.5 Å². The lowest BCUT2D eigenvalue weighted by Gasteiger charge is -2.36. The number of aryl methyl sites for hydroxylation is 2. The number of carbonyl (C=O) groups is 2. The van der Waals surface area contributed by atoms with Crippen molar-refractivity contribution in [2.45, 2.75) is 33.5 Å². The van der Waals surface area contributed by atoms with Crippen LogP contribution in [0.25, 0.3) is 0 Å². The van der Waals surface area contributed by atoms with Gasteiger partial charge in [-0.05, 0) is 54.4 Å². The molecule has 2 aromatic rings. The van der Waals surface area contributed by atoms with Gasteiger partial charge >= 0.3 is 6.09 Å². The molecular formula is C24H29BrN4O6. The summed E-state index contributed by atoms with van der Waals surface area (Å²) in [6, 6.07) is 3.51. The lowest BCUT2D eigenvalue weighted by atomic mass is 10.1. The molecule has 1 saturated heterocycles. The van der Waals surface area contributed by atoms with Gasteiger partial charge in [-0.25, -0.2) is 4.79 Å². The number of piperazine rings is 1. The molecule has 35 heavy (non-hydrogen) atoms. The molecule has 2 aliphatic heterocycles. The molecular weight excluding hydrogens is 520 g/mol. The Bertz CT molecular complexity index is 1250. The van der Waals surface area contributed by atoms with E-state index in [0.29, 0.717) is 71.1 Å². The highest BCUT2D eigenvalue weighted by atomic mass is 79.9. The monoisotopic (exact) mass is 548 g/mol. The van der Waals surface area contributed by atoms with Crippen molar-refractivity contribution < 1.29 is 24.2 Å². The smallest absolute Gasteiger partial charge is 0.407 e. The first-order valence-corrected chi connectivity index (χ1v) is 12.1. The summed E-state index contributed by atoms with van der Waals surface area (Å²) in [6.45, 7) is 9.63. The summed E-state index contributed by atoms with van der Waals surface area (Å²) >= 11 is 3.52. The van der Waals surface area contributed by atoms with Gasteiger partial charge < -0.3 is 29.4 Å². The number of hydrogen-bond acceptors (Lipinski definition) is 6. The maximum atomic E-state index is 13.5. The minimum Gasteiger partial charge on any atom is -0.465 e. The molecule has 1 fully saturated rings. The molecule has 0 bridgehead atoms. The Morgan fingerprint density at radius 2 is 1.77 bits per heavy atom. The summed E-state index contributed by atoms with van der Waals surface area (Å²) in [5.74, 6) is -0.361. The van der Waals surface area contributed by atoms with E-state index in [2.05, 4.69) is 25.8 Å². The second kappa shape index (κ2) is 9.19. The molecule has 0 radical (unpaired) electrons. The number of nitrogens with zero attached hydrogens (tertiary/aromatic N) is 3. The zero-order valence-electron chi connectivity index (χ0n) is 20.4. The Morgan fingerprint density at radius 3 is 2.37 bits per heavy atom. The highest BCUT2D eigenvalue weighted by Crippen LogP contribution is 2.48. The molecule has 0 aliphatic carbocycles. The lowest BCUT2D eigenvalue weighted by Crippen LogP contribution is -2.54. The maximum Gasteiger partial charge on any atom is 0.407 e. The maximum absolute atomic E-state index is 13.5. The van der Waals surface area contributed by atoms with Gasteiger partial charge in [-0.15, -0.1) is 0 Å². The number of carbonyl (C=O) groups excluding carboxylic acids is 1. The van der Waals surface area contributed by atoms with E-state index in [9.17, 15) is 14.4 Å². The van der Waals surface area contributed by atoms with E-state index >= 15 is 0 Å². The summed E-state index contributed by atoms with van der Waals surface area (Å²) in [6.07, 6.45) is -0.916. The lowest BCUT2D eigenvalue weighted by molar-refractivity contribution is -0.0890. The van der Waals surface area contributed by atoms with Crippen molar-refractivity contribution in [1.82, 2.24) is 14.8 Å². The number of rotatable bonds is 4. The van der Waals surface area contributed by atoms with Gasteiger partial charge in [-0.2, -0.15) is 0 Å². The number of halogens is 1. The third-order valence-corrected chi connectivity index (χ3v) is 7.02. The fourth-order valence-electron chi connectivity index (χ4n) is 4.71. The van der Waals surface area contributed by atoms with Crippen LogP contribution in [0.5, 0.6) is 11.5 Å². The second-order valence-electron chi connectivity index (χ2n) is 9.25. The summed E-state index contributed by atoms with van der Waals surface area (Å²) in [5.41, 5.74) is 2.39. The third kappa shape index (κ3) is 4.74. The number of amides is 2. The van der Waals surface area contributed by atoms with Gasteiger partial charge in [0.05, 0.1) is 11.0 Å². The first kappa shape index (κ1) is 25.1. The summed E-state index contributed by atoms with van der Waals surface area (Å²) in [4.78, 5) is 44.8. The van der Waals surface area contributed by atoms with Crippen molar-refractivity contribution >= 4 is 33.6 Å². The van der Waals surface area contributed by atoms with Crippen LogP contribution in [0.3, 0.4) is 0 Å². The minimum atomic E-state index is -1.00. The van der Waals surface area contributed by atoms with Gasteiger partial charge in [-0.3, -0.25) is 14.5 Å². The Hall–Kier alpha value is -3.05. The van der Waals surface area contributed by atoms with Crippen LogP contribution >= 0.6 is 15.9 Å². The quantitative estimate of drug-likeness (QED) is 0.602.